The highest BCUT2D eigenvalue weighted by Crippen LogP contribution is 2.26. The average Bonchev–Trinajstić information content (AvgIpc) is 2.72. The minimum absolute atomic E-state index is 0.305. The molecule has 2 aromatic rings. The van der Waals surface area contributed by atoms with Gasteiger partial charge in [0.1, 0.15) is 0 Å². The van der Waals surface area contributed by atoms with Gasteiger partial charge in [0.2, 0.25) is 0 Å². The van der Waals surface area contributed by atoms with Crippen LogP contribution in [0.15, 0.2) is 41.1 Å². The molecule has 0 aliphatic carbocycles. The van der Waals surface area contributed by atoms with E-state index in [-0.39, 0.29) is 5.91 Å². The van der Waals surface area contributed by atoms with Crippen LogP contribution < -0.4 is 10.2 Å². The van der Waals surface area contributed by atoms with Crippen LogP contribution in [0.2, 0.25) is 0 Å². The van der Waals surface area contributed by atoms with E-state index < -0.39 is 5.97 Å². The van der Waals surface area contributed by atoms with E-state index in [1.54, 1.807) is 24.4 Å². The SMILES string of the molecule is CCCOC(=O)c1cc(NC(=O)c2cncc(Br)c2)ccc1N1CCOCC1. The predicted octanol–water partition coefficient (Wildman–Crippen LogP) is 3.50. The molecule has 1 aliphatic heterocycles. The third-order valence-electron chi connectivity index (χ3n) is 4.23. The molecule has 1 fully saturated rings. The lowest BCUT2D eigenvalue weighted by molar-refractivity contribution is 0.0504. The second-order valence-corrected chi connectivity index (χ2v) is 7.23. The van der Waals surface area contributed by atoms with Crippen LogP contribution >= 0.6 is 15.9 Å². The number of amides is 1. The summed E-state index contributed by atoms with van der Waals surface area (Å²) in [7, 11) is 0. The lowest BCUT2D eigenvalue weighted by Gasteiger charge is -2.30. The molecule has 1 aromatic carbocycles. The number of halogens is 1. The van der Waals surface area contributed by atoms with Gasteiger partial charge in [-0.15, -0.1) is 0 Å². The van der Waals surface area contributed by atoms with Gasteiger partial charge in [0.15, 0.2) is 0 Å². The first-order chi connectivity index (χ1) is 13.6. The van der Waals surface area contributed by atoms with Gasteiger partial charge in [-0.3, -0.25) is 9.78 Å². The van der Waals surface area contributed by atoms with Crippen LogP contribution in [0.3, 0.4) is 0 Å². The molecule has 2 heterocycles. The Morgan fingerprint density at radius 2 is 2.04 bits per heavy atom. The Kier molecular flexibility index (Phi) is 7.00. The van der Waals surface area contributed by atoms with Crippen molar-refractivity contribution in [3.05, 3.63) is 52.3 Å². The normalized spacial score (nSPS) is 13.9. The molecule has 1 saturated heterocycles. The summed E-state index contributed by atoms with van der Waals surface area (Å²) < 4.78 is 11.5. The van der Waals surface area contributed by atoms with Gasteiger partial charge in [0, 0.05) is 35.6 Å². The maximum atomic E-state index is 12.6. The maximum Gasteiger partial charge on any atom is 0.340 e. The monoisotopic (exact) mass is 447 g/mol. The number of ether oxygens (including phenoxy) is 2. The van der Waals surface area contributed by atoms with Crippen LogP contribution in [0, 0.1) is 0 Å². The van der Waals surface area contributed by atoms with Gasteiger partial charge >= 0.3 is 5.97 Å². The molecule has 0 bridgehead atoms. The number of anilines is 2. The summed E-state index contributed by atoms with van der Waals surface area (Å²) in [6, 6.07) is 6.96. The fourth-order valence-corrected chi connectivity index (χ4v) is 3.23. The van der Waals surface area contributed by atoms with E-state index in [0.717, 1.165) is 12.1 Å². The molecule has 8 heteroatoms. The first-order valence-electron chi connectivity index (χ1n) is 9.14. The zero-order valence-corrected chi connectivity index (χ0v) is 17.2. The molecule has 3 rings (SSSR count). The van der Waals surface area contributed by atoms with Crippen molar-refractivity contribution in [1.82, 2.24) is 4.98 Å². The molecule has 1 aromatic heterocycles. The lowest BCUT2D eigenvalue weighted by atomic mass is 10.1. The molecule has 1 aliphatic rings. The molecule has 0 saturated carbocycles. The zero-order chi connectivity index (χ0) is 19.9. The quantitative estimate of drug-likeness (QED) is 0.682. The Morgan fingerprint density at radius 3 is 2.75 bits per heavy atom. The number of benzene rings is 1. The number of carbonyl (C=O) groups is 2. The number of hydrogen-bond donors (Lipinski definition) is 1. The first kappa shape index (κ1) is 20.3. The highest BCUT2D eigenvalue weighted by molar-refractivity contribution is 9.10. The van der Waals surface area contributed by atoms with Gasteiger partial charge in [-0.2, -0.15) is 0 Å². The topological polar surface area (TPSA) is 80.8 Å². The molecule has 7 nitrogen and oxygen atoms in total. The van der Waals surface area contributed by atoms with Crippen molar-refractivity contribution in [2.75, 3.05) is 43.1 Å². The number of esters is 1. The smallest absolute Gasteiger partial charge is 0.340 e. The van der Waals surface area contributed by atoms with Gasteiger partial charge in [-0.25, -0.2) is 4.79 Å². The average molecular weight is 448 g/mol. The van der Waals surface area contributed by atoms with Crippen molar-refractivity contribution >= 4 is 39.2 Å². The van der Waals surface area contributed by atoms with Gasteiger partial charge in [0.05, 0.1) is 36.6 Å². The van der Waals surface area contributed by atoms with Gasteiger partial charge in [-0.05, 0) is 46.6 Å². The van der Waals surface area contributed by atoms with E-state index in [9.17, 15) is 9.59 Å². The summed E-state index contributed by atoms with van der Waals surface area (Å²) in [5.74, 6) is -0.704. The summed E-state index contributed by atoms with van der Waals surface area (Å²) in [6.45, 7) is 4.91. The summed E-state index contributed by atoms with van der Waals surface area (Å²) in [4.78, 5) is 31.2. The molecule has 0 atom stereocenters. The number of carbonyl (C=O) groups excluding carboxylic acids is 2. The Labute approximate surface area is 172 Å². The lowest BCUT2D eigenvalue weighted by Crippen LogP contribution is -2.37. The molecule has 1 amide bonds. The number of nitrogens with zero attached hydrogens (tertiary/aromatic N) is 2. The van der Waals surface area contributed by atoms with E-state index in [4.69, 9.17) is 9.47 Å². The van der Waals surface area contributed by atoms with Gasteiger partial charge in [-0.1, -0.05) is 6.92 Å². The van der Waals surface area contributed by atoms with Crippen LogP contribution in [0.25, 0.3) is 0 Å². The second-order valence-electron chi connectivity index (χ2n) is 6.31. The number of morpholine rings is 1. The highest BCUT2D eigenvalue weighted by atomic mass is 79.9. The molecular weight excluding hydrogens is 426 g/mol. The van der Waals surface area contributed by atoms with E-state index in [0.29, 0.717) is 54.2 Å². The largest absolute Gasteiger partial charge is 0.462 e. The zero-order valence-electron chi connectivity index (χ0n) is 15.6. The van der Waals surface area contributed by atoms with Crippen LogP contribution in [-0.2, 0) is 9.47 Å². The summed E-state index contributed by atoms with van der Waals surface area (Å²) >= 11 is 3.30. The molecule has 148 valence electrons. The number of aromatic nitrogens is 1. The molecular formula is C20H22BrN3O4. The van der Waals surface area contributed by atoms with Crippen molar-refractivity contribution in [2.24, 2.45) is 0 Å². The molecule has 0 unspecified atom stereocenters. The van der Waals surface area contributed by atoms with E-state index in [1.807, 2.05) is 13.0 Å². The number of pyridine rings is 1. The second kappa shape index (κ2) is 9.66. The van der Waals surface area contributed by atoms with Crippen LogP contribution in [0.5, 0.6) is 0 Å². The number of rotatable bonds is 6. The Morgan fingerprint density at radius 1 is 1.25 bits per heavy atom. The fraction of sp³-hybridized carbons (Fsp3) is 0.350. The van der Waals surface area contributed by atoms with Crippen LogP contribution in [0.1, 0.15) is 34.1 Å². The minimum atomic E-state index is -0.399. The minimum Gasteiger partial charge on any atom is -0.462 e. The molecule has 1 N–H and O–H groups in total. The number of nitrogens with one attached hydrogen (secondary N) is 1. The molecule has 0 spiro atoms. The van der Waals surface area contributed by atoms with E-state index in [2.05, 4.69) is 31.1 Å². The number of hydrogen-bond acceptors (Lipinski definition) is 6. The van der Waals surface area contributed by atoms with Gasteiger partial charge < -0.3 is 19.7 Å². The van der Waals surface area contributed by atoms with Crippen LogP contribution in [-0.4, -0.2) is 49.8 Å². The Hall–Kier alpha value is -2.45. The van der Waals surface area contributed by atoms with Crippen molar-refractivity contribution in [1.29, 1.82) is 0 Å². The Bertz CT molecular complexity index is 853. The fourth-order valence-electron chi connectivity index (χ4n) is 2.87. The van der Waals surface area contributed by atoms with E-state index >= 15 is 0 Å². The highest BCUT2D eigenvalue weighted by Gasteiger charge is 2.21. The third-order valence-corrected chi connectivity index (χ3v) is 4.66. The summed E-state index contributed by atoms with van der Waals surface area (Å²) in [6.07, 6.45) is 3.83. The van der Waals surface area contributed by atoms with Gasteiger partial charge in [0.25, 0.3) is 5.91 Å². The van der Waals surface area contributed by atoms with Crippen LogP contribution in [0.4, 0.5) is 11.4 Å². The standard InChI is InChI=1S/C20H22BrN3O4/c1-2-7-28-20(26)17-11-16(3-4-18(17)24-5-8-27-9-6-24)23-19(25)14-10-15(21)13-22-12-14/h3-4,10-13H,2,5-9H2,1H3,(H,23,25). The summed E-state index contributed by atoms with van der Waals surface area (Å²) in [5, 5.41) is 2.82. The van der Waals surface area contributed by atoms with Crippen molar-refractivity contribution in [2.45, 2.75) is 13.3 Å². The Balaban J connectivity index is 1.85. The van der Waals surface area contributed by atoms with Crippen molar-refractivity contribution in [3.63, 3.8) is 0 Å². The van der Waals surface area contributed by atoms with Crippen molar-refractivity contribution in [3.8, 4) is 0 Å². The van der Waals surface area contributed by atoms with Crippen molar-refractivity contribution < 1.29 is 19.1 Å². The molecule has 0 radical (unpaired) electrons. The summed E-state index contributed by atoms with van der Waals surface area (Å²) in [5.41, 5.74) is 2.15. The third kappa shape index (κ3) is 5.08. The van der Waals surface area contributed by atoms with E-state index in [1.165, 1.54) is 6.20 Å². The predicted molar refractivity (Wildman–Crippen MR) is 110 cm³/mol. The molecule has 28 heavy (non-hydrogen) atoms. The first-order valence-corrected chi connectivity index (χ1v) is 9.93. The maximum absolute atomic E-state index is 12.6.